The zero-order valence-electron chi connectivity index (χ0n) is 15.0. The summed E-state index contributed by atoms with van der Waals surface area (Å²) >= 11 is 0. The van der Waals surface area contributed by atoms with Crippen LogP contribution in [0.5, 0.6) is 5.75 Å². The number of hydrogen-bond acceptors (Lipinski definition) is 5. The maximum atomic E-state index is 13.6. The predicted molar refractivity (Wildman–Crippen MR) is 95.8 cm³/mol. The molecule has 27 heavy (non-hydrogen) atoms. The molecule has 2 aliphatic heterocycles. The second-order valence-electron chi connectivity index (χ2n) is 7.09. The van der Waals surface area contributed by atoms with Gasteiger partial charge in [0.05, 0.1) is 17.8 Å². The molecule has 0 bridgehead atoms. The van der Waals surface area contributed by atoms with Gasteiger partial charge in [0, 0.05) is 13.1 Å². The number of nitrogens with zero attached hydrogens (tertiary/aromatic N) is 3. The Morgan fingerprint density at radius 3 is 2.85 bits per heavy atom. The van der Waals surface area contributed by atoms with E-state index >= 15 is 0 Å². The van der Waals surface area contributed by atoms with E-state index in [2.05, 4.69) is 15.1 Å². The van der Waals surface area contributed by atoms with Gasteiger partial charge in [0.1, 0.15) is 6.61 Å². The fourth-order valence-corrected chi connectivity index (χ4v) is 3.79. The molecule has 8 heteroatoms. The third-order valence-corrected chi connectivity index (χ3v) is 5.23. The smallest absolute Gasteiger partial charge is 0.274 e. The maximum absolute atomic E-state index is 13.6. The van der Waals surface area contributed by atoms with Gasteiger partial charge in [-0.05, 0) is 44.1 Å². The Kier molecular flexibility index (Phi) is 5.09. The van der Waals surface area contributed by atoms with E-state index in [9.17, 15) is 14.3 Å². The van der Waals surface area contributed by atoms with Gasteiger partial charge in [0.25, 0.3) is 5.91 Å². The summed E-state index contributed by atoms with van der Waals surface area (Å²) in [5, 5.41) is 17.2. The summed E-state index contributed by atoms with van der Waals surface area (Å²) in [6, 6.07) is 7.76. The first-order valence-corrected chi connectivity index (χ1v) is 9.25. The Labute approximate surface area is 156 Å². The number of likely N-dealkylation sites (tertiary alicyclic amines) is 2. The molecule has 1 aromatic heterocycles. The lowest BCUT2D eigenvalue weighted by atomic mass is 10.2. The third-order valence-electron chi connectivity index (χ3n) is 5.23. The summed E-state index contributed by atoms with van der Waals surface area (Å²) in [5.41, 5.74) is 0.855. The number of aromatic amines is 1. The van der Waals surface area contributed by atoms with E-state index in [-0.39, 0.29) is 30.0 Å². The summed E-state index contributed by atoms with van der Waals surface area (Å²) in [6.45, 7) is 2.86. The van der Waals surface area contributed by atoms with E-state index in [1.807, 2.05) is 0 Å². The zero-order valence-corrected chi connectivity index (χ0v) is 15.0. The van der Waals surface area contributed by atoms with Crippen LogP contribution in [-0.2, 0) is 6.61 Å². The average molecular weight is 374 g/mol. The Morgan fingerprint density at radius 1 is 1.30 bits per heavy atom. The minimum atomic E-state index is -0.533. The molecule has 1 amide bonds. The van der Waals surface area contributed by atoms with Gasteiger partial charge in [-0.2, -0.15) is 5.10 Å². The van der Waals surface area contributed by atoms with Crippen molar-refractivity contribution in [2.45, 2.75) is 31.6 Å². The maximum Gasteiger partial charge on any atom is 0.274 e. The molecule has 2 N–H and O–H groups in total. The predicted octanol–water partition coefficient (Wildman–Crippen LogP) is 1.41. The monoisotopic (exact) mass is 374 g/mol. The first-order chi connectivity index (χ1) is 13.1. The molecule has 2 aromatic rings. The van der Waals surface area contributed by atoms with Crippen LogP contribution in [0.1, 0.15) is 29.0 Å². The number of nitrogens with one attached hydrogen (secondary N) is 1. The summed E-state index contributed by atoms with van der Waals surface area (Å²) in [7, 11) is 0. The lowest BCUT2D eigenvalue weighted by Crippen LogP contribution is -2.41. The number of amides is 1. The number of rotatable bonds is 5. The molecular formula is C19H23FN4O3. The Hall–Kier alpha value is -2.45. The molecule has 2 atom stereocenters. The van der Waals surface area contributed by atoms with Crippen LogP contribution >= 0.6 is 0 Å². The van der Waals surface area contributed by atoms with Crippen molar-refractivity contribution < 1.29 is 19.0 Å². The Bertz CT molecular complexity index is 806. The highest BCUT2D eigenvalue weighted by Crippen LogP contribution is 2.22. The minimum absolute atomic E-state index is 0.000693. The van der Waals surface area contributed by atoms with Gasteiger partial charge in [-0.1, -0.05) is 12.1 Å². The van der Waals surface area contributed by atoms with E-state index in [0.717, 1.165) is 25.9 Å². The summed E-state index contributed by atoms with van der Waals surface area (Å²) in [6.07, 6.45) is 1.75. The van der Waals surface area contributed by atoms with E-state index < -0.39 is 11.9 Å². The molecule has 1 aromatic carbocycles. The van der Waals surface area contributed by atoms with Gasteiger partial charge in [-0.25, -0.2) is 4.39 Å². The van der Waals surface area contributed by atoms with Crippen LogP contribution < -0.4 is 4.74 Å². The summed E-state index contributed by atoms with van der Waals surface area (Å²) < 4.78 is 19.0. The normalized spacial score (nSPS) is 23.1. The van der Waals surface area contributed by atoms with Gasteiger partial charge in [-0.15, -0.1) is 0 Å². The molecule has 7 nitrogen and oxygen atoms in total. The highest BCUT2D eigenvalue weighted by atomic mass is 19.1. The van der Waals surface area contributed by atoms with Crippen molar-refractivity contribution in [3.63, 3.8) is 0 Å². The second kappa shape index (κ2) is 7.66. The standard InChI is InChI=1S/C19H23FN4O3/c20-14-5-1-2-6-18(14)27-12-13-9-15(22-21-13)19(26)24-10-16(17(25)11-24)23-7-3-4-8-23/h1-2,5-6,9,16-17,25H,3-4,7-8,10-12H2,(H,21,22)/t16-,17-/m0/s1. The first-order valence-electron chi connectivity index (χ1n) is 9.25. The van der Waals surface area contributed by atoms with Gasteiger partial charge in [0.15, 0.2) is 17.3 Å². The molecule has 0 spiro atoms. The second-order valence-corrected chi connectivity index (χ2v) is 7.09. The van der Waals surface area contributed by atoms with Crippen LogP contribution in [-0.4, -0.2) is 69.3 Å². The van der Waals surface area contributed by atoms with Crippen LogP contribution in [0.2, 0.25) is 0 Å². The number of carbonyl (C=O) groups excluding carboxylic acids is 1. The van der Waals surface area contributed by atoms with E-state index in [1.54, 1.807) is 29.2 Å². The van der Waals surface area contributed by atoms with Gasteiger partial charge in [0.2, 0.25) is 0 Å². The average Bonchev–Trinajstić information content (AvgIpc) is 3.41. The van der Waals surface area contributed by atoms with Crippen molar-refractivity contribution in [2.24, 2.45) is 0 Å². The lowest BCUT2D eigenvalue weighted by molar-refractivity contribution is 0.0757. The van der Waals surface area contributed by atoms with Crippen molar-refractivity contribution in [3.8, 4) is 5.75 Å². The Balaban J connectivity index is 1.36. The first kappa shape index (κ1) is 17.9. The number of hydrogen-bond donors (Lipinski definition) is 2. The molecule has 2 saturated heterocycles. The number of halogens is 1. The van der Waals surface area contributed by atoms with E-state index in [1.165, 1.54) is 6.07 Å². The number of carbonyl (C=O) groups is 1. The van der Waals surface area contributed by atoms with Crippen molar-refractivity contribution in [1.29, 1.82) is 0 Å². The third kappa shape index (κ3) is 3.81. The van der Waals surface area contributed by atoms with E-state index in [4.69, 9.17) is 4.74 Å². The lowest BCUT2D eigenvalue weighted by Gasteiger charge is -2.25. The van der Waals surface area contributed by atoms with Crippen LogP contribution in [0.15, 0.2) is 30.3 Å². The molecule has 0 saturated carbocycles. The fourth-order valence-electron chi connectivity index (χ4n) is 3.79. The molecule has 0 aliphatic carbocycles. The van der Waals surface area contributed by atoms with Crippen LogP contribution in [0.3, 0.4) is 0 Å². The number of aliphatic hydroxyl groups excluding tert-OH is 1. The molecule has 3 heterocycles. The topological polar surface area (TPSA) is 81.7 Å². The van der Waals surface area contributed by atoms with Crippen molar-refractivity contribution >= 4 is 5.91 Å². The SMILES string of the molecule is O=C(c1cc(COc2ccccc2F)[nH]n1)N1C[C@H](O)[C@@H](N2CCCC2)C1. The Morgan fingerprint density at radius 2 is 2.07 bits per heavy atom. The number of aromatic nitrogens is 2. The zero-order chi connectivity index (χ0) is 18.8. The molecule has 0 unspecified atom stereocenters. The molecule has 2 fully saturated rings. The minimum Gasteiger partial charge on any atom is -0.484 e. The number of para-hydroxylation sites is 1. The number of ether oxygens (including phenoxy) is 1. The summed E-state index contributed by atoms with van der Waals surface area (Å²) in [4.78, 5) is 16.6. The largest absolute Gasteiger partial charge is 0.484 e. The molecule has 4 rings (SSSR count). The highest BCUT2D eigenvalue weighted by molar-refractivity contribution is 5.92. The van der Waals surface area contributed by atoms with E-state index in [0.29, 0.717) is 18.8 Å². The van der Waals surface area contributed by atoms with Crippen molar-refractivity contribution in [1.82, 2.24) is 20.0 Å². The molecular weight excluding hydrogens is 351 g/mol. The number of H-pyrrole nitrogens is 1. The van der Waals surface area contributed by atoms with Crippen LogP contribution in [0.4, 0.5) is 4.39 Å². The summed E-state index contributed by atoms with van der Waals surface area (Å²) in [5.74, 6) is -0.507. The van der Waals surface area contributed by atoms with Gasteiger partial charge < -0.3 is 14.7 Å². The quantitative estimate of drug-likeness (QED) is 0.827. The van der Waals surface area contributed by atoms with Gasteiger partial charge in [-0.3, -0.25) is 14.8 Å². The number of β-amino-alcohol motifs (C(OH)–C–C–N with tert-alkyl or cyclic N) is 1. The van der Waals surface area contributed by atoms with Crippen LogP contribution in [0, 0.1) is 5.82 Å². The van der Waals surface area contributed by atoms with Crippen molar-refractivity contribution in [3.05, 3.63) is 47.5 Å². The van der Waals surface area contributed by atoms with Crippen molar-refractivity contribution in [2.75, 3.05) is 26.2 Å². The molecule has 144 valence electrons. The highest BCUT2D eigenvalue weighted by Gasteiger charge is 2.39. The molecule has 0 radical (unpaired) electrons. The fraction of sp³-hybridized carbons (Fsp3) is 0.474. The van der Waals surface area contributed by atoms with Crippen LogP contribution in [0.25, 0.3) is 0 Å². The number of benzene rings is 1. The molecule has 2 aliphatic rings. The number of aliphatic hydroxyl groups is 1. The van der Waals surface area contributed by atoms with Gasteiger partial charge >= 0.3 is 0 Å².